The van der Waals surface area contributed by atoms with Crippen molar-refractivity contribution in [1.29, 1.82) is 0 Å². The Kier molecular flexibility index (Phi) is 9.51. The number of rotatable bonds is 10. The van der Waals surface area contributed by atoms with Gasteiger partial charge in [-0.15, -0.1) is 0 Å². The van der Waals surface area contributed by atoms with Crippen molar-refractivity contribution in [3.63, 3.8) is 0 Å². The van der Waals surface area contributed by atoms with Crippen molar-refractivity contribution in [3.8, 4) is 0 Å². The van der Waals surface area contributed by atoms with Gasteiger partial charge in [0.2, 0.25) is 21.8 Å². The Morgan fingerprint density at radius 1 is 1.06 bits per heavy atom. The first kappa shape index (κ1) is 26.9. The van der Waals surface area contributed by atoms with Gasteiger partial charge in [0.1, 0.15) is 18.4 Å². The van der Waals surface area contributed by atoms with E-state index in [2.05, 4.69) is 5.32 Å². The lowest BCUT2D eigenvalue weighted by Crippen LogP contribution is -2.52. The van der Waals surface area contributed by atoms with Gasteiger partial charge >= 0.3 is 0 Å². The molecule has 0 heterocycles. The molecule has 2 rings (SSSR count). The number of nitrogens with one attached hydrogen (secondary N) is 1. The van der Waals surface area contributed by atoms with Crippen molar-refractivity contribution in [2.75, 3.05) is 23.7 Å². The van der Waals surface area contributed by atoms with Crippen LogP contribution in [0.25, 0.3) is 0 Å². The summed E-state index contributed by atoms with van der Waals surface area (Å²) in [5.41, 5.74) is 0.709. The van der Waals surface area contributed by atoms with Crippen LogP contribution >= 0.6 is 23.2 Å². The molecule has 0 fully saturated rings. The van der Waals surface area contributed by atoms with E-state index < -0.39 is 34.3 Å². The van der Waals surface area contributed by atoms with Crippen molar-refractivity contribution in [3.05, 3.63) is 63.9 Å². The molecule has 0 saturated heterocycles. The Bertz CT molecular complexity index is 1080. The number of halogens is 3. The first-order valence-corrected chi connectivity index (χ1v) is 12.8. The lowest BCUT2D eigenvalue weighted by Gasteiger charge is -2.32. The summed E-state index contributed by atoms with van der Waals surface area (Å²) in [7, 11) is -3.90. The van der Waals surface area contributed by atoms with Crippen LogP contribution in [0.3, 0.4) is 0 Å². The minimum absolute atomic E-state index is 0.0113. The Morgan fingerprint density at radius 2 is 1.64 bits per heavy atom. The number of nitrogens with zero attached hydrogens (tertiary/aromatic N) is 2. The summed E-state index contributed by atoms with van der Waals surface area (Å²) >= 11 is 12.1. The highest BCUT2D eigenvalue weighted by Crippen LogP contribution is 2.27. The molecule has 0 aliphatic carbocycles. The average molecular weight is 518 g/mol. The SMILES string of the molecule is CCNC(=O)C(CC)N(Cc1ccc(F)cc1)C(=O)CN(c1cc(Cl)cc(Cl)c1)S(C)(=O)=O. The van der Waals surface area contributed by atoms with Crippen LogP contribution < -0.4 is 9.62 Å². The van der Waals surface area contributed by atoms with Crippen LogP contribution in [0.15, 0.2) is 42.5 Å². The number of hydrogen-bond acceptors (Lipinski definition) is 4. The molecular weight excluding hydrogens is 492 g/mol. The Hall–Kier alpha value is -2.36. The fourth-order valence-corrected chi connectivity index (χ4v) is 4.64. The Balaban J connectivity index is 2.45. The van der Waals surface area contributed by atoms with Crippen molar-refractivity contribution in [2.45, 2.75) is 32.9 Å². The van der Waals surface area contributed by atoms with E-state index in [9.17, 15) is 22.4 Å². The number of anilines is 1. The van der Waals surface area contributed by atoms with Gasteiger partial charge in [-0.2, -0.15) is 0 Å². The summed E-state index contributed by atoms with van der Waals surface area (Å²) < 4.78 is 39.3. The molecule has 0 aliphatic rings. The van der Waals surface area contributed by atoms with Gasteiger partial charge in [0.05, 0.1) is 11.9 Å². The molecule has 0 saturated carbocycles. The second-order valence-corrected chi connectivity index (χ2v) is 10.1. The summed E-state index contributed by atoms with van der Waals surface area (Å²) in [5, 5.41) is 3.11. The van der Waals surface area contributed by atoms with E-state index in [1.54, 1.807) is 13.8 Å². The van der Waals surface area contributed by atoms with E-state index in [0.29, 0.717) is 18.5 Å². The third-order valence-corrected chi connectivity index (χ3v) is 6.39. The minimum atomic E-state index is -3.90. The summed E-state index contributed by atoms with van der Waals surface area (Å²) in [6.45, 7) is 3.28. The fraction of sp³-hybridized carbons (Fsp3) is 0.364. The van der Waals surface area contributed by atoms with Gasteiger partial charge in [0.25, 0.3) is 0 Å². The molecule has 1 atom stereocenters. The normalized spacial score (nSPS) is 12.2. The second kappa shape index (κ2) is 11.7. The van der Waals surface area contributed by atoms with Crippen molar-refractivity contribution >= 4 is 50.7 Å². The molecule has 7 nitrogen and oxygen atoms in total. The topological polar surface area (TPSA) is 86.8 Å². The van der Waals surface area contributed by atoms with Crippen LogP contribution in [0.1, 0.15) is 25.8 Å². The maximum atomic E-state index is 13.4. The quantitative estimate of drug-likeness (QED) is 0.518. The highest BCUT2D eigenvalue weighted by Gasteiger charge is 2.31. The number of likely N-dealkylation sites (N-methyl/N-ethyl adjacent to an activating group) is 1. The monoisotopic (exact) mass is 517 g/mol. The zero-order valence-corrected chi connectivity index (χ0v) is 20.8. The maximum absolute atomic E-state index is 13.4. The Labute approximate surface area is 203 Å². The van der Waals surface area contributed by atoms with Crippen LogP contribution in [0.4, 0.5) is 10.1 Å². The van der Waals surface area contributed by atoms with Gasteiger partial charge in [-0.3, -0.25) is 13.9 Å². The van der Waals surface area contributed by atoms with E-state index in [-0.39, 0.29) is 28.2 Å². The number of benzene rings is 2. The van der Waals surface area contributed by atoms with Crippen molar-refractivity contribution < 1.29 is 22.4 Å². The summed E-state index contributed by atoms with van der Waals surface area (Å²) in [4.78, 5) is 27.4. The zero-order chi connectivity index (χ0) is 24.8. The molecule has 0 aromatic heterocycles. The molecular formula is C22H26Cl2FN3O4S. The number of carbonyl (C=O) groups is 2. The lowest BCUT2D eigenvalue weighted by atomic mass is 10.1. The van der Waals surface area contributed by atoms with Crippen LogP contribution in [-0.2, 0) is 26.2 Å². The van der Waals surface area contributed by atoms with Gasteiger partial charge in [0.15, 0.2) is 0 Å². The molecule has 0 aliphatic heterocycles. The molecule has 1 unspecified atom stereocenters. The number of hydrogen-bond donors (Lipinski definition) is 1. The number of sulfonamides is 1. The fourth-order valence-electron chi connectivity index (χ4n) is 3.30. The lowest BCUT2D eigenvalue weighted by molar-refractivity contribution is -0.140. The summed E-state index contributed by atoms with van der Waals surface area (Å²) in [5.74, 6) is -1.42. The van der Waals surface area contributed by atoms with Gasteiger partial charge in [-0.1, -0.05) is 42.3 Å². The van der Waals surface area contributed by atoms with Gasteiger partial charge in [-0.05, 0) is 49.2 Å². The largest absolute Gasteiger partial charge is 0.355 e. The highest BCUT2D eigenvalue weighted by atomic mass is 35.5. The standard InChI is InChI=1S/C22H26Cl2FN3O4S/c1-4-20(22(30)26-5-2)27(13-15-6-8-18(25)9-7-15)21(29)14-28(33(3,31)32)19-11-16(23)10-17(24)12-19/h6-12,20H,4-5,13-14H2,1-3H3,(H,26,30). The number of carbonyl (C=O) groups excluding carboxylic acids is 2. The third kappa shape index (κ3) is 7.58. The maximum Gasteiger partial charge on any atom is 0.244 e. The number of amides is 2. The van der Waals surface area contributed by atoms with Crippen molar-refractivity contribution in [2.24, 2.45) is 0 Å². The van der Waals surface area contributed by atoms with Crippen LogP contribution in [0.5, 0.6) is 0 Å². The molecule has 0 radical (unpaired) electrons. The minimum Gasteiger partial charge on any atom is -0.355 e. The molecule has 2 aromatic carbocycles. The van der Waals surface area contributed by atoms with Crippen LogP contribution in [-0.4, -0.2) is 50.5 Å². The van der Waals surface area contributed by atoms with E-state index in [0.717, 1.165) is 10.6 Å². The van der Waals surface area contributed by atoms with Crippen LogP contribution in [0.2, 0.25) is 10.0 Å². The molecule has 1 N–H and O–H groups in total. The highest BCUT2D eigenvalue weighted by molar-refractivity contribution is 7.92. The van der Waals surface area contributed by atoms with E-state index >= 15 is 0 Å². The first-order chi connectivity index (χ1) is 15.5. The molecule has 2 aromatic rings. The average Bonchev–Trinajstić information content (AvgIpc) is 2.71. The molecule has 0 bridgehead atoms. The van der Waals surface area contributed by atoms with Gasteiger partial charge < -0.3 is 10.2 Å². The molecule has 180 valence electrons. The first-order valence-electron chi connectivity index (χ1n) is 10.2. The van der Waals surface area contributed by atoms with Crippen LogP contribution in [0, 0.1) is 5.82 Å². The smallest absolute Gasteiger partial charge is 0.244 e. The van der Waals surface area contributed by atoms with Gasteiger partial charge in [0, 0.05) is 23.1 Å². The molecule has 2 amide bonds. The third-order valence-electron chi connectivity index (χ3n) is 4.82. The van der Waals surface area contributed by atoms with E-state index in [4.69, 9.17) is 23.2 Å². The van der Waals surface area contributed by atoms with E-state index in [1.807, 2.05) is 0 Å². The predicted molar refractivity (Wildman–Crippen MR) is 128 cm³/mol. The summed E-state index contributed by atoms with van der Waals surface area (Å²) in [6, 6.07) is 8.87. The Morgan fingerprint density at radius 3 is 2.12 bits per heavy atom. The molecule has 0 spiro atoms. The molecule has 33 heavy (non-hydrogen) atoms. The predicted octanol–water partition coefficient (Wildman–Crippen LogP) is 3.84. The van der Waals surface area contributed by atoms with Crippen molar-refractivity contribution in [1.82, 2.24) is 10.2 Å². The van der Waals surface area contributed by atoms with E-state index in [1.165, 1.54) is 47.4 Å². The summed E-state index contributed by atoms with van der Waals surface area (Å²) in [6.07, 6.45) is 1.25. The zero-order valence-electron chi connectivity index (χ0n) is 18.5. The second-order valence-electron chi connectivity index (χ2n) is 7.36. The molecule has 11 heteroatoms. The van der Waals surface area contributed by atoms with Gasteiger partial charge in [-0.25, -0.2) is 12.8 Å².